The minimum absolute atomic E-state index is 0.836. The summed E-state index contributed by atoms with van der Waals surface area (Å²) in [6, 6.07) is 0. The molecule has 0 bridgehead atoms. The standard InChI is InChI=1S/C8H11N5/c1-12-4-10-7-6(12)8-9-2-3-13(8)5-11-7/h4,11H,2-3,5H2,1H3. The minimum atomic E-state index is 0.836. The first kappa shape index (κ1) is 6.94. The molecule has 5 nitrogen and oxygen atoms in total. The Morgan fingerprint density at radius 1 is 1.54 bits per heavy atom. The van der Waals surface area contributed by atoms with E-state index in [1.165, 1.54) is 0 Å². The summed E-state index contributed by atoms with van der Waals surface area (Å²) in [5.41, 5.74) is 1.11. The molecular weight excluding hydrogens is 166 g/mol. The number of rotatable bonds is 0. The number of anilines is 1. The lowest BCUT2D eigenvalue weighted by Gasteiger charge is -2.26. The molecule has 3 heterocycles. The van der Waals surface area contributed by atoms with Gasteiger partial charge < -0.3 is 14.8 Å². The zero-order valence-corrected chi connectivity index (χ0v) is 7.49. The van der Waals surface area contributed by atoms with Crippen molar-refractivity contribution in [3.63, 3.8) is 0 Å². The molecule has 5 heteroatoms. The Balaban J connectivity index is 2.19. The van der Waals surface area contributed by atoms with E-state index in [2.05, 4.69) is 20.2 Å². The molecule has 0 unspecified atom stereocenters. The average Bonchev–Trinajstić information content (AvgIpc) is 2.70. The van der Waals surface area contributed by atoms with Gasteiger partial charge in [0.15, 0.2) is 11.7 Å². The van der Waals surface area contributed by atoms with Crippen molar-refractivity contribution in [3.05, 3.63) is 12.0 Å². The van der Waals surface area contributed by atoms with Crippen LogP contribution in [0.3, 0.4) is 0 Å². The number of fused-ring (bicyclic) bond motifs is 3. The maximum absolute atomic E-state index is 4.47. The number of nitrogens with zero attached hydrogens (tertiary/aromatic N) is 4. The molecule has 0 aliphatic carbocycles. The number of amidine groups is 1. The molecule has 2 aliphatic heterocycles. The van der Waals surface area contributed by atoms with Gasteiger partial charge in [0.1, 0.15) is 5.69 Å². The van der Waals surface area contributed by atoms with Gasteiger partial charge in [-0.15, -0.1) is 0 Å². The van der Waals surface area contributed by atoms with E-state index < -0.39 is 0 Å². The predicted octanol–water partition coefficient (Wildman–Crippen LogP) is -0.135. The van der Waals surface area contributed by atoms with Crippen molar-refractivity contribution in [1.82, 2.24) is 14.5 Å². The zero-order chi connectivity index (χ0) is 8.84. The number of aryl methyl sites for hydroxylation is 1. The summed E-state index contributed by atoms with van der Waals surface area (Å²) in [4.78, 5) is 11.0. The lowest BCUT2D eigenvalue weighted by Crippen LogP contribution is -2.38. The fourth-order valence-corrected chi connectivity index (χ4v) is 1.85. The normalized spacial score (nSPS) is 19.2. The SMILES string of the molecule is Cn1cnc2c1C1=NCCN1CN2. The predicted molar refractivity (Wildman–Crippen MR) is 49.8 cm³/mol. The summed E-state index contributed by atoms with van der Waals surface area (Å²) in [6.45, 7) is 2.76. The highest BCUT2D eigenvalue weighted by atomic mass is 15.4. The van der Waals surface area contributed by atoms with E-state index in [9.17, 15) is 0 Å². The van der Waals surface area contributed by atoms with Gasteiger partial charge in [0.25, 0.3) is 0 Å². The first-order valence-electron chi connectivity index (χ1n) is 4.41. The van der Waals surface area contributed by atoms with Gasteiger partial charge in [-0.3, -0.25) is 4.99 Å². The molecule has 1 N–H and O–H groups in total. The monoisotopic (exact) mass is 177 g/mol. The number of nitrogens with one attached hydrogen (secondary N) is 1. The molecule has 0 radical (unpaired) electrons. The van der Waals surface area contributed by atoms with Crippen molar-refractivity contribution in [2.24, 2.45) is 12.0 Å². The summed E-state index contributed by atoms with van der Waals surface area (Å²) < 4.78 is 2.01. The summed E-state index contributed by atoms with van der Waals surface area (Å²) >= 11 is 0. The molecule has 0 saturated heterocycles. The first-order valence-corrected chi connectivity index (χ1v) is 4.41. The first-order chi connectivity index (χ1) is 6.36. The second-order valence-corrected chi connectivity index (χ2v) is 3.36. The fourth-order valence-electron chi connectivity index (χ4n) is 1.85. The molecule has 68 valence electrons. The van der Waals surface area contributed by atoms with Gasteiger partial charge in [-0.25, -0.2) is 4.98 Å². The molecule has 0 amide bonds. The van der Waals surface area contributed by atoms with Crippen LogP contribution in [0.15, 0.2) is 11.3 Å². The minimum Gasteiger partial charge on any atom is -0.351 e. The zero-order valence-electron chi connectivity index (χ0n) is 7.49. The molecule has 3 rings (SSSR count). The Morgan fingerprint density at radius 3 is 3.38 bits per heavy atom. The van der Waals surface area contributed by atoms with Gasteiger partial charge in [0.05, 0.1) is 19.5 Å². The van der Waals surface area contributed by atoms with E-state index in [1.54, 1.807) is 0 Å². The summed E-state index contributed by atoms with van der Waals surface area (Å²) in [6.07, 6.45) is 1.82. The van der Waals surface area contributed by atoms with Crippen LogP contribution in [0, 0.1) is 0 Å². The van der Waals surface area contributed by atoms with E-state index >= 15 is 0 Å². The number of imidazole rings is 1. The Labute approximate surface area is 76.1 Å². The smallest absolute Gasteiger partial charge is 0.156 e. The van der Waals surface area contributed by atoms with Gasteiger partial charge in [-0.2, -0.15) is 0 Å². The number of hydrogen-bond acceptors (Lipinski definition) is 4. The number of aromatic nitrogens is 2. The van der Waals surface area contributed by atoms with Crippen LogP contribution in [0.5, 0.6) is 0 Å². The molecule has 13 heavy (non-hydrogen) atoms. The molecular formula is C8H11N5. The van der Waals surface area contributed by atoms with Crippen LogP contribution >= 0.6 is 0 Å². The summed E-state index contributed by atoms with van der Waals surface area (Å²) in [5, 5.41) is 3.27. The van der Waals surface area contributed by atoms with Crippen LogP contribution in [-0.4, -0.2) is 40.0 Å². The molecule has 0 aromatic carbocycles. The van der Waals surface area contributed by atoms with E-state index in [-0.39, 0.29) is 0 Å². The quantitative estimate of drug-likeness (QED) is 0.600. The Hall–Kier alpha value is -1.52. The van der Waals surface area contributed by atoms with Crippen molar-refractivity contribution in [2.75, 3.05) is 25.1 Å². The van der Waals surface area contributed by atoms with Crippen LogP contribution in [0.2, 0.25) is 0 Å². The van der Waals surface area contributed by atoms with Crippen LogP contribution in [0.1, 0.15) is 5.69 Å². The van der Waals surface area contributed by atoms with Crippen LogP contribution in [0.4, 0.5) is 5.82 Å². The highest BCUT2D eigenvalue weighted by Crippen LogP contribution is 2.22. The van der Waals surface area contributed by atoms with Gasteiger partial charge in [0, 0.05) is 13.6 Å². The van der Waals surface area contributed by atoms with Gasteiger partial charge >= 0.3 is 0 Å². The maximum Gasteiger partial charge on any atom is 0.156 e. The van der Waals surface area contributed by atoms with E-state index in [4.69, 9.17) is 0 Å². The van der Waals surface area contributed by atoms with Crippen LogP contribution in [0.25, 0.3) is 0 Å². The highest BCUT2D eigenvalue weighted by Gasteiger charge is 2.28. The third-order valence-electron chi connectivity index (χ3n) is 2.52. The van der Waals surface area contributed by atoms with E-state index in [0.717, 1.165) is 37.1 Å². The van der Waals surface area contributed by atoms with Crippen molar-refractivity contribution >= 4 is 11.7 Å². The molecule has 0 spiro atoms. The molecule has 1 aromatic rings. The summed E-state index contributed by atoms with van der Waals surface area (Å²) in [5.74, 6) is 2.05. The van der Waals surface area contributed by atoms with Crippen molar-refractivity contribution in [3.8, 4) is 0 Å². The van der Waals surface area contributed by atoms with E-state index in [1.807, 2.05) is 17.9 Å². The van der Waals surface area contributed by atoms with Gasteiger partial charge in [-0.1, -0.05) is 0 Å². The van der Waals surface area contributed by atoms with E-state index in [0.29, 0.717) is 0 Å². The Bertz CT molecular complexity index is 378. The average molecular weight is 177 g/mol. The van der Waals surface area contributed by atoms with Crippen LogP contribution in [-0.2, 0) is 7.05 Å². The molecule has 2 aliphatic rings. The van der Waals surface area contributed by atoms with Crippen molar-refractivity contribution in [1.29, 1.82) is 0 Å². The number of hydrogen-bond donors (Lipinski definition) is 1. The third kappa shape index (κ3) is 0.811. The highest BCUT2D eigenvalue weighted by molar-refractivity contribution is 6.03. The van der Waals surface area contributed by atoms with Gasteiger partial charge in [0.2, 0.25) is 0 Å². The number of aliphatic imine (C=N–C) groups is 1. The van der Waals surface area contributed by atoms with Crippen LogP contribution < -0.4 is 5.32 Å². The molecule has 1 aromatic heterocycles. The fraction of sp³-hybridized carbons (Fsp3) is 0.500. The third-order valence-corrected chi connectivity index (χ3v) is 2.52. The Morgan fingerprint density at radius 2 is 2.46 bits per heavy atom. The topological polar surface area (TPSA) is 45.5 Å². The van der Waals surface area contributed by atoms with Crippen molar-refractivity contribution < 1.29 is 0 Å². The van der Waals surface area contributed by atoms with Crippen molar-refractivity contribution in [2.45, 2.75) is 0 Å². The summed E-state index contributed by atoms with van der Waals surface area (Å²) in [7, 11) is 2.00. The van der Waals surface area contributed by atoms with Gasteiger partial charge in [-0.05, 0) is 0 Å². The second kappa shape index (κ2) is 2.25. The molecule has 0 saturated carbocycles. The Kier molecular flexibility index (Phi) is 1.20. The molecule has 0 atom stereocenters. The maximum atomic E-state index is 4.47. The second-order valence-electron chi connectivity index (χ2n) is 3.36. The largest absolute Gasteiger partial charge is 0.351 e. The lowest BCUT2D eigenvalue weighted by molar-refractivity contribution is 0.481. The lowest BCUT2D eigenvalue weighted by atomic mass is 10.3. The molecule has 0 fully saturated rings.